The van der Waals surface area contributed by atoms with Crippen LogP contribution < -0.4 is 16.2 Å². The Balaban J connectivity index is 2.22. The molecule has 0 aliphatic rings. The van der Waals surface area contributed by atoms with Crippen molar-refractivity contribution in [3.05, 3.63) is 48.5 Å². The Morgan fingerprint density at radius 1 is 0.733 bits per heavy atom. The van der Waals surface area contributed by atoms with Crippen LogP contribution in [0.5, 0.6) is 11.5 Å². The zero-order valence-electron chi connectivity index (χ0n) is 8.18. The Morgan fingerprint density at radius 3 is 1.60 bits per heavy atom. The van der Waals surface area contributed by atoms with Gasteiger partial charge in [0.05, 0.1) is 0 Å². The van der Waals surface area contributed by atoms with Gasteiger partial charge in [0, 0.05) is 23.5 Å². The van der Waals surface area contributed by atoms with Crippen LogP contribution in [0.3, 0.4) is 0 Å². The molecule has 0 bridgehead atoms. The van der Waals surface area contributed by atoms with Crippen molar-refractivity contribution >= 4 is 11.4 Å². The van der Waals surface area contributed by atoms with E-state index < -0.39 is 0 Å². The quantitative estimate of drug-likeness (QED) is 0.732. The van der Waals surface area contributed by atoms with Crippen molar-refractivity contribution in [1.82, 2.24) is 0 Å². The minimum atomic E-state index is 0.677. The van der Waals surface area contributed by atoms with Crippen molar-refractivity contribution in [3.8, 4) is 11.5 Å². The lowest BCUT2D eigenvalue weighted by Crippen LogP contribution is -1.89. The summed E-state index contributed by atoms with van der Waals surface area (Å²) in [5.41, 5.74) is 12.6. The van der Waals surface area contributed by atoms with E-state index in [1.165, 1.54) is 0 Å². The first-order valence-corrected chi connectivity index (χ1v) is 4.63. The average Bonchev–Trinajstić information content (AvgIpc) is 2.17. The summed E-state index contributed by atoms with van der Waals surface area (Å²) in [4.78, 5) is 0. The number of ether oxygens (including phenoxy) is 1. The molecule has 3 nitrogen and oxygen atoms in total. The van der Waals surface area contributed by atoms with E-state index in [2.05, 4.69) is 0 Å². The number of hydrogen-bond donors (Lipinski definition) is 2. The van der Waals surface area contributed by atoms with Gasteiger partial charge < -0.3 is 16.2 Å². The van der Waals surface area contributed by atoms with Gasteiger partial charge in [-0.15, -0.1) is 0 Å². The highest BCUT2D eigenvalue weighted by atomic mass is 16.5. The van der Waals surface area contributed by atoms with Gasteiger partial charge in [-0.05, 0) is 24.3 Å². The van der Waals surface area contributed by atoms with Crippen LogP contribution in [0.15, 0.2) is 48.5 Å². The number of benzene rings is 2. The lowest BCUT2D eigenvalue weighted by Gasteiger charge is -2.06. The second-order valence-electron chi connectivity index (χ2n) is 3.25. The highest BCUT2D eigenvalue weighted by Gasteiger charge is 1.97. The third-order valence-corrected chi connectivity index (χ3v) is 1.95. The van der Waals surface area contributed by atoms with E-state index in [4.69, 9.17) is 16.2 Å². The smallest absolute Gasteiger partial charge is 0.129 e. The third kappa shape index (κ3) is 2.40. The molecule has 0 aliphatic carbocycles. The van der Waals surface area contributed by atoms with E-state index in [1.807, 2.05) is 36.4 Å². The number of anilines is 2. The largest absolute Gasteiger partial charge is 0.457 e. The fourth-order valence-corrected chi connectivity index (χ4v) is 1.29. The van der Waals surface area contributed by atoms with Gasteiger partial charge in [-0.25, -0.2) is 0 Å². The minimum absolute atomic E-state index is 0.677. The molecule has 0 spiro atoms. The van der Waals surface area contributed by atoms with E-state index in [-0.39, 0.29) is 0 Å². The first-order valence-electron chi connectivity index (χ1n) is 4.63. The van der Waals surface area contributed by atoms with E-state index >= 15 is 0 Å². The minimum Gasteiger partial charge on any atom is -0.457 e. The molecule has 0 saturated carbocycles. The summed E-state index contributed by atoms with van der Waals surface area (Å²) >= 11 is 0. The van der Waals surface area contributed by atoms with Gasteiger partial charge in [0.2, 0.25) is 0 Å². The lowest BCUT2D eigenvalue weighted by atomic mass is 10.3. The molecule has 0 unspecified atom stereocenters. The van der Waals surface area contributed by atoms with Gasteiger partial charge in [-0.1, -0.05) is 12.1 Å². The van der Waals surface area contributed by atoms with Gasteiger partial charge in [-0.3, -0.25) is 0 Å². The molecule has 3 heteroatoms. The Bertz CT molecular complexity index is 425. The van der Waals surface area contributed by atoms with Crippen molar-refractivity contribution < 1.29 is 4.74 Å². The molecule has 2 rings (SSSR count). The lowest BCUT2D eigenvalue weighted by molar-refractivity contribution is 0.483. The summed E-state index contributed by atoms with van der Waals surface area (Å²) < 4.78 is 5.58. The molecule has 0 radical (unpaired) electrons. The molecule has 2 aromatic rings. The Morgan fingerprint density at radius 2 is 1.20 bits per heavy atom. The number of nitrogen functional groups attached to an aromatic ring is 2. The molecule has 0 fully saturated rings. The van der Waals surface area contributed by atoms with Crippen LogP contribution in [0, 0.1) is 0 Å². The van der Waals surface area contributed by atoms with Crippen LogP contribution in [-0.4, -0.2) is 0 Å². The van der Waals surface area contributed by atoms with Crippen LogP contribution in [0.1, 0.15) is 0 Å². The van der Waals surface area contributed by atoms with Gasteiger partial charge in [0.1, 0.15) is 11.5 Å². The summed E-state index contributed by atoms with van der Waals surface area (Å²) in [5, 5.41) is 0. The van der Waals surface area contributed by atoms with E-state index in [0.717, 1.165) is 0 Å². The van der Waals surface area contributed by atoms with E-state index in [1.54, 1.807) is 12.1 Å². The second kappa shape index (κ2) is 3.92. The van der Waals surface area contributed by atoms with Gasteiger partial charge in [-0.2, -0.15) is 0 Å². The topological polar surface area (TPSA) is 61.3 Å². The first-order chi connectivity index (χ1) is 7.24. The molecular formula is C12H12N2O. The van der Waals surface area contributed by atoms with Crippen molar-refractivity contribution in [2.45, 2.75) is 0 Å². The maximum absolute atomic E-state index is 5.64. The Kier molecular flexibility index (Phi) is 2.46. The molecule has 2 aromatic carbocycles. The molecule has 76 valence electrons. The zero-order valence-corrected chi connectivity index (χ0v) is 8.18. The summed E-state index contributed by atoms with van der Waals surface area (Å²) in [5.74, 6) is 1.42. The fraction of sp³-hybridized carbons (Fsp3) is 0. The van der Waals surface area contributed by atoms with Gasteiger partial charge >= 0.3 is 0 Å². The second-order valence-corrected chi connectivity index (χ2v) is 3.25. The Labute approximate surface area is 88.3 Å². The van der Waals surface area contributed by atoms with E-state index in [0.29, 0.717) is 22.9 Å². The fourth-order valence-electron chi connectivity index (χ4n) is 1.29. The molecule has 0 aliphatic heterocycles. The zero-order chi connectivity index (χ0) is 10.7. The maximum atomic E-state index is 5.64. The summed E-state index contributed by atoms with van der Waals surface area (Å²) in [7, 11) is 0. The molecule has 0 amide bonds. The standard InChI is InChI=1S/C12H12N2O/c13-9-3-1-5-11(7-9)15-12-6-2-4-10(14)8-12/h1-8H,13-14H2. The number of nitrogens with two attached hydrogens (primary N) is 2. The van der Waals surface area contributed by atoms with Gasteiger partial charge in [0.15, 0.2) is 0 Å². The van der Waals surface area contributed by atoms with Crippen molar-refractivity contribution in [3.63, 3.8) is 0 Å². The molecule has 0 heterocycles. The Hall–Kier alpha value is -2.16. The SMILES string of the molecule is Nc1cccc(Oc2cccc(N)c2)c1. The molecule has 0 aromatic heterocycles. The normalized spacial score (nSPS) is 9.87. The number of hydrogen-bond acceptors (Lipinski definition) is 3. The summed E-state index contributed by atoms with van der Waals surface area (Å²) in [6.07, 6.45) is 0. The maximum Gasteiger partial charge on any atom is 0.129 e. The predicted octanol–water partition coefficient (Wildman–Crippen LogP) is 2.64. The number of rotatable bonds is 2. The van der Waals surface area contributed by atoms with Crippen molar-refractivity contribution in [1.29, 1.82) is 0 Å². The van der Waals surface area contributed by atoms with Crippen LogP contribution in [0.25, 0.3) is 0 Å². The molecule has 15 heavy (non-hydrogen) atoms. The average molecular weight is 200 g/mol. The monoisotopic (exact) mass is 200 g/mol. The molecule has 0 saturated heterocycles. The van der Waals surface area contributed by atoms with Gasteiger partial charge in [0.25, 0.3) is 0 Å². The van der Waals surface area contributed by atoms with Crippen LogP contribution >= 0.6 is 0 Å². The van der Waals surface area contributed by atoms with Crippen LogP contribution in [0.2, 0.25) is 0 Å². The van der Waals surface area contributed by atoms with Crippen LogP contribution in [-0.2, 0) is 0 Å². The summed E-state index contributed by atoms with van der Waals surface area (Å²) in [6, 6.07) is 14.5. The van der Waals surface area contributed by atoms with E-state index in [9.17, 15) is 0 Å². The highest BCUT2D eigenvalue weighted by Crippen LogP contribution is 2.24. The third-order valence-electron chi connectivity index (χ3n) is 1.95. The highest BCUT2D eigenvalue weighted by molar-refractivity contribution is 5.48. The van der Waals surface area contributed by atoms with Crippen molar-refractivity contribution in [2.24, 2.45) is 0 Å². The van der Waals surface area contributed by atoms with Crippen molar-refractivity contribution in [2.75, 3.05) is 11.5 Å². The molecule has 0 atom stereocenters. The first kappa shape index (κ1) is 9.40. The van der Waals surface area contributed by atoms with Crippen LogP contribution in [0.4, 0.5) is 11.4 Å². The predicted molar refractivity (Wildman–Crippen MR) is 61.8 cm³/mol. The molecular weight excluding hydrogens is 188 g/mol. The summed E-state index contributed by atoms with van der Waals surface area (Å²) in [6.45, 7) is 0. The molecule has 4 N–H and O–H groups in total.